The summed E-state index contributed by atoms with van der Waals surface area (Å²) in [5.41, 5.74) is 0. The van der Waals surface area contributed by atoms with E-state index in [2.05, 4.69) is 39.9 Å². The van der Waals surface area contributed by atoms with Crippen LogP contribution in [0.5, 0.6) is 0 Å². The Bertz CT molecular complexity index is 146. The van der Waals surface area contributed by atoms with Gasteiger partial charge in [-0.05, 0) is 25.2 Å². The quantitative estimate of drug-likeness (QED) is 0.578. The lowest BCUT2D eigenvalue weighted by molar-refractivity contribution is 0.0422. The molecule has 0 aliphatic carbocycles. The SMILES string of the molecule is CCCC(CNC(C)C)OCCCC(C)C. The Morgan fingerprint density at radius 1 is 1.06 bits per heavy atom. The lowest BCUT2D eigenvalue weighted by atomic mass is 10.1. The molecule has 0 saturated carbocycles. The van der Waals surface area contributed by atoms with E-state index in [-0.39, 0.29) is 0 Å². The zero-order valence-corrected chi connectivity index (χ0v) is 11.9. The van der Waals surface area contributed by atoms with Gasteiger partial charge < -0.3 is 10.1 Å². The van der Waals surface area contributed by atoms with Crippen molar-refractivity contribution in [3.8, 4) is 0 Å². The molecule has 0 fully saturated rings. The van der Waals surface area contributed by atoms with Crippen LogP contribution in [0.1, 0.15) is 60.3 Å². The molecule has 0 bridgehead atoms. The fraction of sp³-hybridized carbons (Fsp3) is 1.00. The normalized spacial score (nSPS) is 13.7. The fourth-order valence-corrected chi connectivity index (χ4v) is 1.68. The van der Waals surface area contributed by atoms with Crippen molar-refractivity contribution in [3.63, 3.8) is 0 Å². The molecule has 0 aliphatic heterocycles. The molecule has 98 valence electrons. The molecule has 0 spiro atoms. The predicted molar refractivity (Wildman–Crippen MR) is 71.9 cm³/mol. The average Bonchev–Trinajstić information content (AvgIpc) is 2.20. The van der Waals surface area contributed by atoms with Gasteiger partial charge in [0, 0.05) is 19.2 Å². The summed E-state index contributed by atoms with van der Waals surface area (Å²) < 4.78 is 5.92. The number of rotatable bonds is 10. The second-order valence-electron chi connectivity index (χ2n) is 5.38. The summed E-state index contributed by atoms with van der Waals surface area (Å²) in [4.78, 5) is 0. The largest absolute Gasteiger partial charge is 0.377 e. The smallest absolute Gasteiger partial charge is 0.0699 e. The van der Waals surface area contributed by atoms with E-state index in [9.17, 15) is 0 Å². The molecule has 1 unspecified atom stereocenters. The van der Waals surface area contributed by atoms with E-state index in [0.717, 1.165) is 19.1 Å². The molecule has 1 atom stereocenters. The van der Waals surface area contributed by atoms with Crippen molar-refractivity contribution >= 4 is 0 Å². The maximum Gasteiger partial charge on any atom is 0.0699 e. The van der Waals surface area contributed by atoms with E-state index < -0.39 is 0 Å². The zero-order chi connectivity index (χ0) is 12.4. The highest BCUT2D eigenvalue weighted by atomic mass is 16.5. The van der Waals surface area contributed by atoms with Gasteiger partial charge in [-0.1, -0.05) is 41.0 Å². The van der Waals surface area contributed by atoms with Crippen molar-refractivity contribution in [1.29, 1.82) is 0 Å². The number of hydrogen-bond acceptors (Lipinski definition) is 2. The Morgan fingerprint density at radius 3 is 2.25 bits per heavy atom. The molecule has 0 saturated heterocycles. The zero-order valence-electron chi connectivity index (χ0n) is 11.9. The van der Waals surface area contributed by atoms with Crippen molar-refractivity contribution in [2.24, 2.45) is 5.92 Å². The molecule has 0 amide bonds. The van der Waals surface area contributed by atoms with Gasteiger partial charge in [-0.15, -0.1) is 0 Å². The van der Waals surface area contributed by atoms with E-state index in [1.54, 1.807) is 0 Å². The minimum Gasteiger partial charge on any atom is -0.377 e. The van der Waals surface area contributed by atoms with E-state index in [0.29, 0.717) is 12.1 Å². The Morgan fingerprint density at radius 2 is 1.75 bits per heavy atom. The molecule has 0 heterocycles. The molecule has 2 nitrogen and oxygen atoms in total. The molecule has 2 heteroatoms. The monoisotopic (exact) mass is 229 g/mol. The third-order valence-corrected chi connectivity index (χ3v) is 2.64. The Labute approximate surface area is 102 Å². The molecule has 0 aromatic rings. The summed E-state index contributed by atoms with van der Waals surface area (Å²) >= 11 is 0. The maximum absolute atomic E-state index is 5.92. The number of ether oxygens (including phenoxy) is 1. The molecule has 0 aromatic carbocycles. The molecular formula is C14H31NO. The van der Waals surface area contributed by atoms with Crippen LogP contribution in [0.3, 0.4) is 0 Å². The van der Waals surface area contributed by atoms with Gasteiger partial charge in [0.25, 0.3) is 0 Å². The van der Waals surface area contributed by atoms with E-state index in [1.165, 1.54) is 25.7 Å². The second kappa shape index (κ2) is 10.1. The summed E-state index contributed by atoms with van der Waals surface area (Å²) in [6.45, 7) is 13.0. The van der Waals surface area contributed by atoms with Gasteiger partial charge >= 0.3 is 0 Å². The molecule has 16 heavy (non-hydrogen) atoms. The highest BCUT2D eigenvalue weighted by molar-refractivity contribution is 4.63. The first-order chi connectivity index (χ1) is 7.56. The summed E-state index contributed by atoms with van der Waals surface area (Å²) in [7, 11) is 0. The van der Waals surface area contributed by atoms with Gasteiger partial charge in [-0.25, -0.2) is 0 Å². The van der Waals surface area contributed by atoms with Crippen LogP contribution in [-0.2, 0) is 4.74 Å². The highest BCUT2D eigenvalue weighted by Gasteiger charge is 2.08. The maximum atomic E-state index is 5.92. The lowest BCUT2D eigenvalue weighted by Gasteiger charge is -2.19. The van der Waals surface area contributed by atoms with Crippen LogP contribution in [0.4, 0.5) is 0 Å². The summed E-state index contributed by atoms with van der Waals surface area (Å²) in [6, 6.07) is 0.554. The van der Waals surface area contributed by atoms with E-state index in [1.807, 2.05) is 0 Å². The summed E-state index contributed by atoms with van der Waals surface area (Å²) in [5, 5.41) is 3.46. The van der Waals surface area contributed by atoms with Crippen molar-refractivity contribution in [1.82, 2.24) is 5.32 Å². The van der Waals surface area contributed by atoms with Gasteiger partial charge in [-0.3, -0.25) is 0 Å². The minimum atomic E-state index is 0.402. The van der Waals surface area contributed by atoms with Gasteiger partial charge in [0.1, 0.15) is 0 Å². The second-order valence-corrected chi connectivity index (χ2v) is 5.38. The van der Waals surface area contributed by atoms with Crippen molar-refractivity contribution in [2.75, 3.05) is 13.2 Å². The van der Waals surface area contributed by atoms with Gasteiger partial charge in [0.2, 0.25) is 0 Å². The first-order valence-corrected chi connectivity index (χ1v) is 6.91. The minimum absolute atomic E-state index is 0.402. The Kier molecular flexibility index (Phi) is 10.0. The number of nitrogens with one attached hydrogen (secondary N) is 1. The molecule has 0 aromatic heterocycles. The van der Waals surface area contributed by atoms with Crippen LogP contribution < -0.4 is 5.32 Å². The molecule has 0 radical (unpaired) electrons. The van der Waals surface area contributed by atoms with Gasteiger partial charge in [-0.2, -0.15) is 0 Å². The molecule has 0 rings (SSSR count). The van der Waals surface area contributed by atoms with Crippen molar-refractivity contribution in [2.45, 2.75) is 72.4 Å². The standard InChI is InChI=1S/C14H31NO/c1-6-8-14(11-15-13(4)5)16-10-7-9-12(2)3/h12-15H,6-11H2,1-5H3. The fourth-order valence-electron chi connectivity index (χ4n) is 1.68. The topological polar surface area (TPSA) is 21.3 Å². The first kappa shape index (κ1) is 15.9. The molecule has 0 aliphatic rings. The Balaban J connectivity index is 3.59. The van der Waals surface area contributed by atoms with Crippen LogP contribution >= 0.6 is 0 Å². The van der Waals surface area contributed by atoms with Crippen molar-refractivity contribution in [3.05, 3.63) is 0 Å². The third-order valence-electron chi connectivity index (χ3n) is 2.64. The lowest BCUT2D eigenvalue weighted by Crippen LogP contribution is -2.33. The van der Waals surface area contributed by atoms with E-state index >= 15 is 0 Å². The van der Waals surface area contributed by atoms with Crippen LogP contribution in [0.15, 0.2) is 0 Å². The van der Waals surface area contributed by atoms with Crippen LogP contribution in [0.2, 0.25) is 0 Å². The summed E-state index contributed by atoms with van der Waals surface area (Å²) in [5.74, 6) is 0.794. The average molecular weight is 229 g/mol. The van der Waals surface area contributed by atoms with Crippen LogP contribution in [-0.4, -0.2) is 25.3 Å². The molecule has 1 N–H and O–H groups in total. The summed E-state index contributed by atoms with van der Waals surface area (Å²) in [6.07, 6.45) is 5.24. The predicted octanol–water partition coefficient (Wildman–Crippen LogP) is 3.61. The van der Waals surface area contributed by atoms with Crippen LogP contribution in [0.25, 0.3) is 0 Å². The Hall–Kier alpha value is -0.0800. The van der Waals surface area contributed by atoms with E-state index in [4.69, 9.17) is 4.74 Å². The van der Waals surface area contributed by atoms with Gasteiger partial charge in [0.05, 0.1) is 6.10 Å². The highest BCUT2D eigenvalue weighted by Crippen LogP contribution is 2.07. The van der Waals surface area contributed by atoms with Gasteiger partial charge in [0.15, 0.2) is 0 Å². The number of hydrogen-bond donors (Lipinski definition) is 1. The van der Waals surface area contributed by atoms with Crippen molar-refractivity contribution < 1.29 is 4.74 Å². The van der Waals surface area contributed by atoms with Crippen LogP contribution in [0, 0.1) is 5.92 Å². The molecular weight excluding hydrogens is 198 g/mol. The first-order valence-electron chi connectivity index (χ1n) is 6.91. The third kappa shape index (κ3) is 10.4.